The molecule has 1 N–H and O–H groups in total. The monoisotopic (exact) mass is 502 g/mol. The molecule has 0 saturated carbocycles. The van der Waals surface area contributed by atoms with E-state index in [-0.39, 0.29) is 0 Å². The van der Waals surface area contributed by atoms with Crippen molar-refractivity contribution in [2.75, 3.05) is 6.61 Å². The predicted molar refractivity (Wildman–Crippen MR) is 157 cm³/mol. The highest BCUT2D eigenvalue weighted by atomic mass is 28.4. The molecule has 0 saturated heterocycles. The van der Waals surface area contributed by atoms with Gasteiger partial charge in [-0.05, 0) is 42.7 Å². The van der Waals surface area contributed by atoms with Crippen molar-refractivity contribution in [3.8, 4) is 0 Å². The molecule has 0 radical (unpaired) electrons. The fourth-order valence-corrected chi connectivity index (χ4v) is 18.8. The Kier molecular flexibility index (Phi) is 27.4. The van der Waals surface area contributed by atoms with Crippen LogP contribution < -0.4 is 0 Å². The Balaban J connectivity index is 0. The van der Waals surface area contributed by atoms with Crippen molar-refractivity contribution in [2.24, 2.45) is 0 Å². The minimum absolute atomic E-state index is 0.371. The number of aliphatic hydroxyl groups is 1. The summed E-state index contributed by atoms with van der Waals surface area (Å²) in [7, 11) is -2.96. The number of hydrogen-bond donors (Lipinski definition) is 1. The number of rotatable bonds is 23. The zero-order valence-electron chi connectivity index (χ0n) is 24.4. The highest BCUT2D eigenvalue weighted by Gasteiger charge is 2.42. The van der Waals surface area contributed by atoms with Gasteiger partial charge in [0, 0.05) is 6.61 Å². The molecule has 0 aromatic carbocycles. The van der Waals surface area contributed by atoms with Crippen molar-refractivity contribution in [3.63, 3.8) is 0 Å². The molecule has 4 heteroatoms. The van der Waals surface area contributed by atoms with Crippen LogP contribution in [0.15, 0.2) is 0 Å². The summed E-state index contributed by atoms with van der Waals surface area (Å²) in [4.78, 5) is 0. The molecule has 0 rings (SSSR count). The van der Waals surface area contributed by atoms with Crippen LogP contribution in [0, 0.1) is 0 Å². The summed E-state index contributed by atoms with van der Waals surface area (Å²) >= 11 is 0. The lowest BCUT2D eigenvalue weighted by molar-refractivity contribution is 0.282. The van der Waals surface area contributed by atoms with Crippen LogP contribution in [-0.4, -0.2) is 28.3 Å². The third kappa shape index (κ3) is 19.2. The maximum absolute atomic E-state index is 8.54. The Labute approximate surface area is 213 Å². The highest BCUT2D eigenvalue weighted by molar-refractivity contribution is 6.87. The van der Waals surface area contributed by atoms with Crippen LogP contribution in [0.3, 0.4) is 0 Å². The molecule has 0 heterocycles. The second-order valence-electron chi connectivity index (χ2n) is 10.5. The molecule has 0 aliphatic carbocycles. The van der Waals surface area contributed by atoms with Crippen LogP contribution in [0.25, 0.3) is 0 Å². The molecule has 0 unspecified atom stereocenters. The Morgan fingerprint density at radius 1 is 0.394 bits per heavy atom. The van der Waals surface area contributed by atoms with Gasteiger partial charge in [-0.25, -0.2) is 0 Å². The molecule has 0 spiro atoms. The average Bonchev–Trinajstić information content (AvgIpc) is 2.77. The van der Waals surface area contributed by atoms with E-state index in [4.69, 9.17) is 9.22 Å². The topological polar surface area (TPSA) is 29.5 Å². The van der Waals surface area contributed by atoms with Crippen molar-refractivity contribution >= 4 is 16.6 Å². The van der Waals surface area contributed by atoms with Crippen molar-refractivity contribution in [1.82, 2.24) is 0 Å². The van der Waals surface area contributed by atoms with E-state index in [1.165, 1.54) is 126 Å². The van der Waals surface area contributed by atoms with Gasteiger partial charge < -0.3 is 9.22 Å². The standard InChI is InChI=1S/C18H42OSi2.C11H24O/c1-7-13-20(14-8-2,15-9-3)19-21(16-10-4,17-11-5)18-12-6;1-2-3-4-5-6-7-8-9-10-11-12/h7-18H2,1-6H3;12H,2-11H2,1H3. The lowest BCUT2D eigenvalue weighted by atomic mass is 10.1. The SMILES string of the molecule is CCCCCCCCCCCO.CCC[Si](CCC)(CCC)O[Si](CCC)(CCC)CCC. The molecule has 202 valence electrons. The number of aliphatic hydroxyl groups excluding tert-OH is 1. The molecular formula is C29H66O2Si2. The van der Waals surface area contributed by atoms with E-state index < -0.39 is 16.6 Å². The first-order valence-corrected chi connectivity index (χ1v) is 20.4. The summed E-state index contributed by atoms with van der Waals surface area (Å²) in [5.74, 6) is 0. The van der Waals surface area contributed by atoms with E-state index in [0.29, 0.717) is 6.61 Å². The van der Waals surface area contributed by atoms with Crippen molar-refractivity contribution < 1.29 is 9.22 Å². The lowest BCUT2D eigenvalue weighted by Gasteiger charge is -2.43. The summed E-state index contributed by atoms with van der Waals surface area (Å²) in [5, 5.41) is 8.54. The summed E-state index contributed by atoms with van der Waals surface area (Å²) < 4.78 is 7.35. The van der Waals surface area contributed by atoms with Gasteiger partial charge in [-0.2, -0.15) is 0 Å². The van der Waals surface area contributed by atoms with Gasteiger partial charge in [0.2, 0.25) is 0 Å². The van der Waals surface area contributed by atoms with E-state index in [2.05, 4.69) is 48.5 Å². The first kappa shape index (κ1) is 35.5. The molecule has 33 heavy (non-hydrogen) atoms. The molecule has 0 aromatic heterocycles. The number of unbranched alkanes of at least 4 members (excludes halogenated alkanes) is 8. The first-order chi connectivity index (χ1) is 16.0. The van der Waals surface area contributed by atoms with Crippen molar-refractivity contribution in [3.05, 3.63) is 0 Å². The van der Waals surface area contributed by atoms with Gasteiger partial charge in [-0.1, -0.05) is 138 Å². The quantitative estimate of drug-likeness (QED) is 0.111. The van der Waals surface area contributed by atoms with Gasteiger partial charge in [-0.15, -0.1) is 0 Å². The van der Waals surface area contributed by atoms with Crippen LogP contribution >= 0.6 is 0 Å². The normalized spacial score (nSPS) is 12.0. The molecule has 0 aromatic rings. The second kappa shape index (κ2) is 25.4. The van der Waals surface area contributed by atoms with Crippen LogP contribution in [-0.2, 0) is 4.12 Å². The number of hydrogen-bond acceptors (Lipinski definition) is 2. The van der Waals surface area contributed by atoms with Crippen LogP contribution in [0.5, 0.6) is 0 Å². The maximum atomic E-state index is 8.54. The Hall–Kier alpha value is 0.354. The van der Waals surface area contributed by atoms with Gasteiger partial charge in [0.1, 0.15) is 0 Å². The van der Waals surface area contributed by atoms with Gasteiger partial charge in [-0.3, -0.25) is 0 Å². The summed E-state index contributed by atoms with van der Waals surface area (Å²) in [5.41, 5.74) is 0. The van der Waals surface area contributed by atoms with E-state index in [1.807, 2.05) is 0 Å². The summed E-state index contributed by atoms with van der Waals surface area (Å²) in [6, 6.07) is 8.42. The van der Waals surface area contributed by atoms with E-state index >= 15 is 0 Å². The van der Waals surface area contributed by atoms with Gasteiger partial charge in [0.05, 0.1) is 0 Å². The van der Waals surface area contributed by atoms with Gasteiger partial charge >= 0.3 is 0 Å². The summed E-state index contributed by atoms with van der Waals surface area (Å²) in [6.07, 6.45) is 19.8. The lowest BCUT2D eigenvalue weighted by Crippen LogP contribution is -2.51. The molecule has 0 fully saturated rings. The molecule has 0 aliphatic rings. The molecule has 0 amide bonds. The molecule has 2 nitrogen and oxygen atoms in total. The maximum Gasteiger partial charge on any atom is 0.179 e. The zero-order chi connectivity index (χ0) is 25.3. The highest BCUT2D eigenvalue weighted by Crippen LogP contribution is 2.37. The first-order valence-electron chi connectivity index (χ1n) is 15.3. The minimum Gasteiger partial charge on any atom is -0.455 e. The Morgan fingerprint density at radius 2 is 0.667 bits per heavy atom. The fourth-order valence-electron chi connectivity index (χ4n) is 5.67. The van der Waals surface area contributed by atoms with E-state index in [0.717, 1.165) is 6.42 Å². The van der Waals surface area contributed by atoms with Gasteiger partial charge in [0.25, 0.3) is 0 Å². The van der Waals surface area contributed by atoms with Crippen LogP contribution in [0.2, 0.25) is 36.3 Å². The second-order valence-corrected chi connectivity index (χ2v) is 19.1. The van der Waals surface area contributed by atoms with Crippen molar-refractivity contribution in [1.29, 1.82) is 0 Å². The Morgan fingerprint density at radius 3 is 0.909 bits per heavy atom. The molecule has 0 aliphatic heterocycles. The largest absolute Gasteiger partial charge is 0.455 e. The smallest absolute Gasteiger partial charge is 0.179 e. The van der Waals surface area contributed by atoms with E-state index in [1.54, 1.807) is 0 Å². The van der Waals surface area contributed by atoms with Crippen molar-refractivity contribution in [2.45, 2.75) is 181 Å². The Bertz CT molecular complexity index is 309. The zero-order valence-corrected chi connectivity index (χ0v) is 26.4. The third-order valence-electron chi connectivity index (χ3n) is 6.93. The van der Waals surface area contributed by atoms with Crippen LogP contribution in [0.1, 0.15) is 145 Å². The van der Waals surface area contributed by atoms with Crippen LogP contribution in [0.4, 0.5) is 0 Å². The minimum atomic E-state index is -1.48. The van der Waals surface area contributed by atoms with Gasteiger partial charge in [0.15, 0.2) is 16.6 Å². The molecular weight excluding hydrogens is 436 g/mol. The molecule has 0 bridgehead atoms. The predicted octanol–water partition coefficient (Wildman–Crippen LogP) is 10.9. The fraction of sp³-hybridized carbons (Fsp3) is 1.00. The third-order valence-corrected chi connectivity index (χ3v) is 18.9. The average molecular weight is 503 g/mol. The van der Waals surface area contributed by atoms with E-state index in [9.17, 15) is 0 Å². The molecule has 0 atom stereocenters. The summed E-state index contributed by atoms with van der Waals surface area (Å²) in [6.45, 7) is 16.8.